The minimum Gasteiger partial charge on any atom is -0.445 e. The van der Waals surface area contributed by atoms with Crippen molar-refractivity contribution in [2.45, 2.75) is 25.5 Å². The maximum Gasteiger partial charge on any atom is 0.410 e. The summed E-state index contributed by atoms with van der Waals surface area (Å²) in [4.78, 5) is 12.8. The van der Waals surface area contributed by atoms with E-state index in [0.717, 1.165) is 0 Å². The minimum absolute atomic E-state index is 0.141. The van der Waals surface area contributed by atoms with E-state index in [1.807, 2.05) is 6.92 Å². The molecular formula is C9H15NO3. The number of amides is 1. The highest BCUT2D eigenvalue weighted by atomic mass is 16.6. The van der Waals surface area contributed by atoms with E-state index in [2.05, 4.69) is 6.58 Å². The molecule has 2 atom stereocenters. The Hall–Kier alpha value is -1.03. The van der Waals surface area contributed by atoms with Crippen molar-refractivity contribution in [1.82, 2.24) is 4.90 Å². The first-order chi connectivity index (χ1) is 6.16. The van der Waals surface area contributed by atoms with Crippen LogP contribution < -0.4 is 0 Å². The molecule has 0 aromatic heterocycles. The number of hydrogen-bond acceptors (Lipinski definition) is 3. The quantitative estimate of drug-likeness (QED) is 0.646. The van der Waals surface area contributed by atoms with Gasteiger partial charge in [-0.15, -0.1) is 0 Å². The Bertz CT molecular complexity index is 205. The van der Waals surface area contributed by atoms with Crippen molar-refractivity contribution in [1.29, 1.82) is 0 Å². The molecule has 0 radical (unpaired) electrons. The summed E-state index contributed by atoms with van der Waals surface area (Å²) in [5.74, 6) is 0. The van der Waals surface area contributed by atoms with E-state index < -0.39 is 6.10 Å². The predicted octanol–water partition coefficient (Wildman–Crippen LogP) is 0.764. The zero-order valence-electron chi connectivity index (χ0n) is 7.77. The van der Waals surface area contributed by atoms with Gasteiger partial charge in [0.05, 0.1) is 12.1 Å². The first-order valence-electron chi connectivity index (χ1n) is 4.39. The second-order valence-corrected chi connectivity index (χ2v) is 3.16. The third-order valence-corrected chi connectivity index (χ3v) is 2.27. The summed E-state index contributed by atoms with van der Waals surface area (Å²) in [6.45, 7) is 6.05. The molecule has 4 nitrogen and oxygen atoms in total. The van der Waals surface area contributed by atoms with E-state index >= 15 is 0 Å². The Morgan fingerprint density at radius 3 is 3.00 bits per heavy atom. The monoisotopic (exact) mass is 185 g/mol. The topological polar surface area (TPSA) is 49.8 Å². The molecule has 0 spiro atoms. The third-order valence-electron chi connectivity index (χ3n) is 2.27. The van der Waals surface area contributed by atoms with Crippen molar-refractivity contribution < 1.29 is 14.6 Å². The average molecular weight is 185 g/mol. The lowest BCUT2D eigenvalue weighted by Gasteiger charge is -2.21. The Morgan fingerprint density at radius 2 is 2.54 bits per heavy atom. The van der Waals surface area contributed by atoms with Gasteiger partial charge in [0.1, 0.15) is 6.61 Å². The van der Waals surface area contributed by atoms with Gasteiger partial charge in [-0.25, -0.2) is 4.79 Å². The predicted molar refractivity (Wildman–Crippen MR) is 48.3 cm³/mol. The normalized spacial score (nSPS) is 27.4. The van der Waals surface area contributed by atoms with Gasteiger partial charge in [-0.3, -0.25) is 0 Å². The fraction of sp³-hybridized carbons (Fsp3) is 0.667. The highest BCUT2D eigenvalue weighted by molar-refractivity contribution is 5.68. The second kappa shape index (κ2) is 4.28. The number of hydrogen-bond donors (Lipinski definition) is 1. The molecule has 1 fully saturated rings. The summed E-state index contributed by atoms with van der Waals surface area (Å²) in [7, 11) is 0. The number of carbonyl (C=O) groups excluding carboxylic acids is 1. The molecule has 2 unspecified atom stereocenters. The highest BCUT2D eigenvalue weighted by Gasteiger charge is 2.33. The van der Waals surface area contributed by atoms with Crippen LogP contribution in [0.4, 0.5) is 4.79 Å². The first kappa shape index (κ1) is 10.1. The zero-order valence-corrected chi connectivity index (χ0v) is 7.77. The van der Waals surface area contributed by atoms with Gasteiger partial charge in [-0.2, -0.15) is 0 Å². The van der Waals surface area contributed by atoms with Gasteiger partial charge in [0.25, 0.3) is 0 Å². The number of aliphatic hydroxyl groups excluding tert-OH is 1. The van der Waals surface area contributed by atoms with Crippen molar-refractivity contribution in [3.8, 4) is 0 Å². The molecule has 1 amide bonds. The number of ether oxygens (including phenoxy) is 1. The summed E-state index contributed by atoms with van der Waals surface area (Å²) >= 11 is 0. The van der Waals surface area contributed by atoms with Crippen molar-refractivity contribution in [2.75, 3.05) is 13.2 Å². The van der Waals surface area contributed by atoms with Gasteiger partial charge in [0, 0.05) is 6.54 Å². The molecule has 1 heterocycles. The van der Waals surface area contributed by atoms with Crippen LogP contribution in [-0.2, 0) is 4.74 Å². The van der Waals surface area contributed by atoms with Crippen LogP contribution in [0, 0.1) is 0 Å². The maximum absolute atomic E-state index is 11.3. The van der Waals surface area contributed by atoms with Gasteiger partial charge < -0.3 is 14.7 Å². The molecular weight excluding hydrogens is 170 g/mol. The van der Waals surface area contributed by atoms with Crippen LogP contribution in [0.1, 0.15) is 13.3 Å². The fourth-order valence-electron chi connectivity index (χ4n) is 1.39. The van der Waals surface area contributed by atoms with Crippen molar-refractivity contribution in [3.05, 3.63) is 12.7 Å². The maximum atomic E-state index is 11.3. The molecule has 0 saturated carbocycles. The van der Waals surface area contributed by atoms with E-state index in [9.17, 15) is 9.90 Å². The lowest BCUT2D eigenvalue weighted by molar-refractivity contribution is 0.0880. The van der Waals surface area contributed by atoms with Crippen LogP contribution in [0.5, 0.6) is 0 Å². The lowest BCUT2D eigenvalue weighted by atomic mass is 10.2. The Kier molecular flexibility index (Phi) is 3.31. The smallest absolute Gasteiger partial charge is 0.410 e. The average Bonchev–Trinajstić information content (AvgIpc) is 2.44. The molecule has 4 heteroatoms. The molecule has 1 saturated heterocycles. The van der Waals surface area contributed by atoms with Gasteiger partial charge in [-0.05, 0) is 13.3 Å². The highest BCUT2D eigenvalue weighted by Crippen LogP contribution is 2.17. The number of likely N-dealkylation sites (tertiary alicyclic amines) is 1. The first-order valence-corrected chi connectivity index (χ1v) is 4.39. The minimum atomic E-state index is -0.420. The molecule has 0 aliphatic carbocycles. The molecule has 1 aliphatic rings. The van der Waals surface area contributed by atoms with E-state index in [1.165, 1.54) is 11.0 Å². The third kappa shape index (κ3) is 2.21. The van der Waals surface area contributed by atoms with Gasteiger partial charge in [0.15, 0.2) is 0 Å². The van der Waals surface area contributed by atoms with Crippen molar-refractivity contribution in [2.24, 2.45) is 0 Å². The molecule has 1 aliphatic heterocycles. The zero-order chi connectivity index (χ0) is 9.84. The standard InChI is InChI=1S/C9H15NO3/c1-3-6-13-9(12)10-5-4-8(11)7(10)2/h3,7-8,11H,1,4-6H2,2H3. The van der Waals surface area contributed by atoms with Crippen LogP contribution in [0.3, 0.4) is 0 Å². The molecule has 1 rings (SSSR count). The summed E-state index contributed by atoms with van der Waals surface area (Å²) in [6, 6.07) is -0.141. The summed E-state index contributed by atoms with van der Waals surface area (Å²) in [6.07, 6.45) is 1.36. The fourth-order valence-corrected chi connectivity index (χ4v) is 1.39. The SMILES string of the molecule is C=CCOC(=O)N1CCC(O)C1C. The summed E-state index contributed by atoms with van der Waals surface area (Å²) < 4.78 is 4.85. The van der Waals surface area contributed by atoms with Crippen LogP contribution in [0.15, 0.2) is 12.7 Å². The van der Waals surface area contributed by atoms with E-state index in [-0.39, 0.29) is 18.7 Å². The molecule has 0 aromatic rings. The van der Waals surface area contributed by atoms with Crippen molar-refractivity contribution >= 4 is 6.09 Å². The number of aliphatic hydroxyl groups is 1. The Labute approximate surface area is 77.8 Å². The van der Waals surface area contributed by atoms with Gasteiger partial charge in [0.2, 0.25) is 0 Å². The molecule has 74 valence electrons. The van der Waals surface area contributed by atoms with Crippen LogP contribution >= 0.6 is 0 Å². The Balaban J connectivity index is 2.43. The molecule has 13 heavy (non-hydrogen) atoms. The van der Waals surface area contributed by atoms with Gasteiger partial charge >= 0.3 is 6.09 Å². The van der Waals surface area contributed by atoms with E-state index in [1.54, 1.807) is 0 Å². The number of rotatable bonds is 2. The molecule has 1 N–H and O–H groups in total. The largest absolute Gasteiger partial charge is 0.445 e. The Morgan fingerprint density at radius 1 is 1.85 bits per heavy atom. The van der Waals surface area contributed by atoms with Gasteiger partial charge in [-0.1, -0.05) is 12.7 Å². The van der Waals surface area contributed by atoms with Crippen LogP contribution in [0.2, 0.25) is 0 Å². The number of nitrogens with zero attached hydrogens (tertiary/aromatic N) is 1. The van der Waals surface area contributed by atoms with Crippen LogP contribution in [0.25, 0.3) is 0 Å². The second-order valence-electron chi connectivity index (χ2n) is 3.16. The van der Waals surface area contributed by atoms with E-state index in [4.69, 9.17) is 4.74 Å². The van der Waals surface area contributed by atoms with Crippen molar-refractivity contribution in [3.63, 3.8) is 0 Å². The molecule has 0 aromatic carbocycles. The number of carbonyl (C=O) groups is 1. The van der Waals surface area contributed by atoms with E-state index in [0.29, 0.717) is 13.0 Å². The summed E-state index contributed by atoms with van der Waals surface area (Å²) in [5.41, 5.74) is 0. The molecule has 0 bridgehead atoms. The lowest BCUT2D eigenvalue weighted by Crippen LogP contribution is -2.37. The summed E-state index contributed by atoms with van der Waals surface area (Å²) in [5, 5.41) is 9.37. The van der Waals surface area contributed by atoms with Crippen LogP contribution in [-0.4, -0.2) is 41.4 Å².